The molecule has 0 saturated carbocycles. The van der Waals surface area contributed by atoms with Gasteiger partial charge in [-0.15, -0.1) is 0 Å². The van der Waals surface area contributed by atoms with E-state index in [1.54, 1.807) is 12.3 Å². The number of aromatic nitrogens is 1. The van der Waals surface area contributed by atoms with E-state index in [1.165, 1.54) is 12.1 Å². The summed E-state index contributed by atoms with van der Waals surface area (Å²) in [6.07, 6.45) is 3.68. The molecule has 1 saturated heterocycles. The number of ether oxygens (including phenoxy) is 1. The van der Waals surface area contributed by atoms with Gasteiger partial charge in [-0.2, -0.15) is 0 Å². The number of nitrogen functional groups attached to an aromatic ring is 1. The number of nitrogens with one attached hydrogen (secondary N) is 1. The summed E-state index contributed by atoms with van der Waals surface area (Å²) >= 11 is 0. The highest BCUT2D eigenvalue weighted by molar-refractivity contribution is 5.97. The summed E-state index contributed by atoms with van der Waals surface area (Å²) in [5.41, 5.74) is 8.06. The van der Waals surface area contributed by atoms with Crippen LogP contribution in [0, 0.1) is 5.82 Å². The molecule has 1 aromatic heterocycles. The van der Waals surface area contributed by atoms with Crippen LogP contribution in [0.1, 0.15) is 19.8 Å². The molecule has 20 heavy (non-hydrogen) atoms. The van der Waals surface area contributed by atoms with Gasteiger partial charge in [-0.05, 0) is 38.0 Å². The lowest BCUT2D eigenvalue weighted by atomic mass is 10.0. The Labute approximate surface area is 117 Å². The third-order valence-electron chi connectivity index (χ3n) is 3.69. The molecule has 1 aromatic carbocycles. The first-order valence-electron chi connectivity index (χ1n) is 6.85. The van der Waals surface area contributed by atoms with E-state index < -0.39 is 0 Å². The van der Waals surface area contributed by atoms with Crippen LogP contribution in [0.25, 0.3) is 10.9 Å². The molecule has 1 fully saturated rings. The number of fused-ring (bicyclic) bond motifs is 1. The normalized spacial score (nSPS) is 22.9. The first-order valence-corrected chi connectivity index (χ1v) is 6.85. The molecule has 2 heterocycles. The van der Waals surface area contributed by atoms with Crippen molar-refractivity contribution in [3.05, 3.63) is 30.2 Å². The molecule has 1 aliphatic rings. The standard InChI is InChI=1S/C15H18FN3O/c1-9-6-11(4-5-20-9)19-15-12-7-10(16)2-3-14(12)18-8-13(15)17/h2-3,7-9,11H,4-6,17H2,1H3,(H,18,19)/t9-,11-/m1/s1. The van der Waals surface area contributed by atoms with Crippen LogP contribution in [0.3, 0.4) is 0 Å². The largest absolute Gasteiger partial charge is 0.396 e. The third-order valence-corrected chi connectivity index (χ3v) is 3.69. The van der Waals surface area contributed by atoms with Crippen molar-refractivity contribution < 1.29 is 9.13 Å². The van der Waals surface area contributed by atoms with Crippen LogP contribution in [-0.2, 0) is 4.74 Å². The van der Waals surface area contributed by atoms with Crippen molar-refractivity contribution in [1.29, 1.82) is 0 Å². The fraction of sp³-hybridized carbons (Fsp3) is 0.400. The number of hydrogen-bond acceptors (Lipinski definition) is 4. The van der Waals surface area contributed by atoms with Gasteiger partial charge in [0.05, 0.1) is 29.2 Å². The van der Waals surface area contributed by atoms with Crippen LogP contribution >= 0.6 is 0 Å². The molecule has 4 nitrogen and oxygen atoms in total. The molecule has 106 valence electrons. The minimum absolute atomic E-state index is 0.229. The zero-order valence-corrected chi connectivity index (χ0v) is 11.4. The van der Waals surface area contributed by atoms with Gasteiger partial charge in [0.1, 0.15) is 5.82 Å². The topological polar surface area (TPSA) is 60.2 Å². The highest BCUT2D eigenvalue weighted by Gasteiger charge is 2.20. The van der Waals surface area contributed by atoms with Gasteiger partial charge in [0.25, 0.3) is 0 Å². The summed E-state index contributed by atoms with van der Waals surface area (Å²) in [6, 6.07) is 4.84. The minimum Gasteiger partial charge on any atom is -0.396 e. The number of benzene rings is 1. The molecule has 0 spiro atoms. The summed E-state index contributed by atoms with van der Waals surface area (Å²) in [6.45, 7) is 2.79. The molecule has 2 atom stereocenters. The third kappa shape index (κ3) is 2.54. The monoisotopic (exact) mass is 275 g/mol. The van der Waals surface area contributed by atoms with E-state index in [-0.39, 0.29) is 18.0 Å². The van der Waals surface area contributed by atoms with E-state index >= 15 is 0 Å². The van der Waals surface area contributed by atoms with E-state index in [4.69, 9.17) is 10.5 Å². The number of anilines is 2. The van der Waals surface area contributed by atoms with Crippen molar-refractivity contribution in [3.8, 4) is 0 Å². The van der Waals surface area contributed by atoms with Crippen LogP contribution in [0.15, 0.2) is 24.4 Å². The van der Waals surface area contributed by atoms with Crippen molar-refractivity contribution in [2.24, 2.45) is 0 Å². The smallest absolute Gasteiger partial charge is 0.124 e. The average molecular weight is 275 g/mol. The SMILES string of the molecule is C[C@@H]1C[C@H](Nc2c(N)cnc3ccc(F)cc23)CCO1. The molecule has 5 heteroatoms. The van der Waals surface area contributed by atoms with Gasteiger partial charge in [0.2, 0.25) is 0 Å². The summed E-state index contributed by atoms with van der Waals surface area (Å²) in [5.74, 6) is -0.284. The highest BCUT2D eigenvalue weighted by Crippen LogP contribution is 2.30. The Morgan fingerprint density at radius 1 is 1.45 bits per heavy atom. The van der Waals surface area contributed by atoms with E-state index in [0.717, 1.165) is 36.0 Å². The van der Waals surface area contributed by atoms with Crippen LogP contribution < -0.4 is 11.1 Å². The molecule has 0 radical (unpaired) electrons. The Kier molecular flexibility index (Phi) is 3.44. The lowest BCUT2D eigenvalue weighted by molar-refractivity contribution is 0.0232. The maximum Gasteiger partial charge on any atom is 0.124 e. The molecular formula is C15H18FN3O. The average Bonchev–Trinajstić information content (AvgIpc) is 2.42. The van der Waals surface area contributed by atoms with Crippen LogP contribution in [-0.4, -0.2) is 23.7 Å². The highest BCUT2D eigenvalue weighted by atomic mass is 19.1. The van der Waals surface area contributed by atoms with Crippen molar-refractivity contribution in [2.75, 3.05) is 17.7 Å². The van der Waals surface area contributed by atoms with Gasteiger partial charge in [-0.1, -0.05) is 0 Å². The van der Waals surface area contributed by atoms with Crippen molar-refractivity contribution in [2.45, 2.75) is 31.9 Å². The molecule has 2 aromatic rings. The predicted octanol–water partition coefficient (Wildman–Crippen LogP) is 2.94. The number of pyridine rings is 1. The van der Waals surface area contributed by atoms with Gasteiger partial charge >= 0.3 is 0 Å². The van der Waals surface area contributed by atoms with Gasteiger partial charge < -0.3 is 15.8 Å². The first kappa shape index (κ1) is 13.1. The molecule has 0 unspecified atom stereocenters. The molecule has 3 N–H and O–H groups in total. The maximum atomic E-state index is 13.5. The van der Waals surface area contributed by atoms with Gasteiger partial charge in [0, 0.05) is 18.0 Å². The molecule has 1 aliphatic heterocycles. The number of rotatable bonds is 2. The maximum absolute atomic E-state index is 13.5. The van der Waals surface area contributed by atoms with Gasteiger partial charge in [0.15, 0.2) is 0 Å². The Morgan fingerprint density at radius 2 is 2.30 bits per heavy atom. The fourth-order valence-corrected chi connectivity index (χ4v) is 2.67. The molecular weight excluding hydrogens is 257 g/mol. The quantitative estimate of drug-likeness (QED) is 0.884. The fourth-order valence-electron chi connectivity index (χ4n) is 2.67. The van der Waals surface area contributed by atoms with Crippen molar-refractivity contribution in [3.63, 3.8) is 0 Å². The molecule has 3 rings (SSSR count). The molecule has 0 amide bonds. The van der Waals surface area contributed by atoms with Crippen LogP contribution in [0.5, 0.6) is 0 Å². The summed E-state index contributed by atoms with van der Waals surface area (Å²) in [5, 5.41) is 4.16. The Bertz CT molecular complexity index is 627. The number of nitrogens with zero attached hydrogens (tertiary/aromatic N) is 1. The van der Waals surface area contributed by atoms with Crippen LogP contribution in [0.4, 0.5) is 15.8 Å². The number of halogens is 1. The van der Waals surface area contributed by atoms with Crippen LogP contribution in [0.2, 0.25) is 0 Å². The lowest BCUT2D eigenvalue weighted by Crippen LogP contribution is -2.32. The Morgan fingerprint density at radius 3 is 3.10 bits per heavy atom. The zero-order valence-electron chi connectivity index (χ0n) is 11.4. The second-order valence-corrected chi connectivity index (χ2v) is 5.30. The number of hydrogen-bond donors (Lipinski definition) is 2. The first-order chi connectivity index (χ1) is 9.63. The van der Waals surface area contributed by atoms with Gasteiger partial charge in [-0.25, -0.2) is 4.39 Å². The summed E-state index contributed by atoms with van der Waals surface area (Å²) in [4.78, 5) is 4.23. The Balaban J connectivity index is 1.97. The lowest BCUT2D eigenvalue weighted by Gasteiger charge is -2.29. The van der Waals surface area contributed by atoms with Crippen molar-refractivity contribution >= 4 is 22.3 Å². The zero-order chi connectivity index (χ0) is 14.1. The molecule has 0 aliphatic carbocycles. The van der Waals surface area contributed by atoms with Gasteiger partial charge in [-0.3, -0.25) is 4.98 Å². The minimum atomic E-state index is -0.284. The second kappa shape index (κ2) is 5.25. The Hall–Kier alpha value is -1.88. The van der Waals surface area contributed by atoms with E-state index in [1.807, 2.05) is 0 Å². The van der Waals surface area contributed by atoms with Crippen molar-refractivity contribution in [1.82, 2.24) is 4.98 Å². The summed E-state index contributed by atoms with van der Waals surface area (Å²) < 4.78 is 19.0. The van der Waals surface area contributed by atoms with E-state index in [0.29, 0.717) is 5.69 Å². The van der Waals surface area contributed by atoms with E-state index in [2.05, 4.69) is 17.2 Å². The molecule has 0 bridgehead atoms. The summed E-state index contributed by atoms with van der Waals surface area (Å²) in [7, 11) is 0. The second-order valence-electron chi connectivity index (χ2n) is 5.30. The number of nitrogens with two attached hydrogens (primary N) is 1. The van der Waals surface area contributed by atoms with E-state index in [9.17, 15) is 4.39 Å². The predicted molar refractivity (Wildman–Crippen MR) is 78.2 cm³/mol.